The number of aryl methyl sites for hydroxylation is 1. The van der Waals surface area contributed by atoms with Gasteiger partial charge in [-0.1, -0.05) is 66.4 Å². The Morgan fingerprint density at radius 3 is 2.39 bits per heavy atom. The molecule has 0 aliphatic carbocycles. The second-order valence-corrected chi connectivity index (χ2v) is 14.6. The summed E-state index contributed by atoms with van der Waals surface area (Å²) in [5.74, 6) is 0. The number of nitrogens with one attached hydrogen (secondary N) is 1. The maximum atomic E-state index is 14.1. The summed E-state index contributed by atoms with van der Waals surface area (Å²) in [6.45, 7) is 8.22. The Balaban J connectivity index is 1.59. The number of halogens is 1. The van der Waals surface area contributed by atoms with Crippen LogP contribution in [0.25, 0.3) is 0 Å². The maximum absolute atomic E-state index is 14.1. The molecule has 2 bridgehead atoms. The number of benzene rings is 2. The van der Waals surface area contributed by atoms with Gasteiger partial charge in [0.2, 0.25) is 0 Å². The Bertz CT molecular complexity index is 1210. The van der Waals surface area contributed by atoms with Gasteiger partial charge in [-0.3, -0.25) is 4.90 Å². The smallest absolute Gasteiger partial charge is 0.410 e. The summed E-state index contributed by atoms with van der Waals surface area (Å²) in [7, 11) is -3.71. The molecule has 2 saturated heterocycles. The SMILES string of the molecule is CCCCCCc1ccc(S(=O)(=O)[C@H]2[C@H](NCc3cccc(Br)c3)[C@H]3CC[C@@H]2N3C(=O)OC(C)(C)C)cc1. The summed E-state index contributed by atoms with van der Waals surface area (Å²) in [5, 5.41) is 2.79. The van der Waals surface area contributed by atoms with Gasteiger partial charge >= 0.3 is 6.09 Å². The van der Waals surface area contributed by atoms with E-state index < -0.39 is 32.8 Å². The lowest BCUT2D eigenvalue weighted by molar-refractivity contribution is 0.0210. The average molecular weight is 606 g/mol. The van der Waals surface area contributed by atoms with E-state index >= 15 is 0 Å². The fraction of sp³-hybridized carbons (Fsp3) is 0.567. The number of sulfone groups is 1. The summed E-state index contributed by atoms with van der Waals surface area (Å²) in [4.78, 5) is 15.3. The Hall–Kier alpha value is -1.90. The zero-order valence-corrected chi connectivity index (χ0v) is 25.4. The average Bonchev–Trinajstić information content (AvgIpc) is 3.42. The third-order valence-corrected chi connectivity index (χ3v) is 10.3. The quantitative estimate of drug-likeness (QED) is 0.307. The van der Waals surface area contributed by atoms with Crippen LogP contribution in [0.2, 0.25) is 0 Å². The molecular formula is C30H41BrN2O4S. The number of ether oxygens (including phenoxy) is 1. The molecule has 208 valence electrons. The van der Waals surface area contributed by atoms with Crippen LogP contribution in [0.5, 0.6) is 0 Å². The second-order valence-electron chi connectivity index (χ2n) is 11.6. The van der Waals surface area contributed by atoms with Crippen LogP contribution in [0.15, 0.2) is 57.9 Å². The summed E-state index contributed by atoms with van der Waals surface area (Å²) in [6.07, 6.45) is 6.64. The molecule has 2 heterocycles. The van der Waals surface area contributed by atoms with Gasteiger partial charge in [-0.25, -0.2) is 13.2 Å². The number of hydrogen-bond donors (Lipinski definition) is 1. The fourth-order valence-electron chi connectivity index (χ4n) is 5.88. The third-order valence-electron chi connectivity index (χ3n) is 7.58. The standard InChI is InChI=1S/C30H41BrN2O4S/c1-5-6-7-8-10-21-13-15-24(16-14-21)38(35,36)28-26-18-17-25(33(26)29(34)37-30(2,3)4)27(28)32-20-22-11-9-12-23(31)19-22/h9,11-16,19,25-28,32H,5-8,10,17-18,20H2,1-4H3/t25-,26+,27-,28-/m1/s1. The number of fused-ring (bicyclic) bond motifs is 2. The summed E-state index contributed by atoms with van der Waals surface area (Å²) in [6, 6.07) is 14.3. The van der Waals surface area contributed by atoms with Gasteiger partial charge in [0.15, 0.2) is 9.84 Å². The molecular weight excluding hydrogens is 564 g/mol. The van der Waals surface area contributed by atoms with E-state index in [1.165, 1.54) is 19.3 Å². The molecule has 2 fully saturated rings. The van der Waals surface area contributed by atoms with Crippen LogP contribution in [0.4, 0.5) is 4.79 Å². The molecule has 2 aromatic carbocycles. The van der Waals surface area contributed by atoms with Gasteiger partial charge in [0.05, 0.1) is 17.0 Å². The van der Waals surface area contributed by atoms with Gasteiger partial charge in [-0.2, -0.15) is 0 Å². The van der Waals surface area contributed by atoms with Crippen molar-refractivity contribution in [3.05, 3.63) is 64.1 Å². The molecule has 0 saturated carbocycles. The number of hydrogen-bond acceptors (Lipinski definition) is 5. The van der Waals surface area contributed by atoms with Crippen LogP contribution in [-0.4, -0.2) is 48.4 Å². The van der Waals surface area contributed by atoms with Gasteiger partial charge < -0.3 is 10.1 Å². The number of nitrogens with zero attached hydrogens (tertiary/aromatic N) is 1. The number of unbranched alkanes of at least 4 members (excludes halogenated alkanes) is 3. The predicted molar refractivity (Wildman–Crippen MR) is 155 cm³/mol. The lowest BCUT2D eigenvalue weighted by Crippen LogP contribution is -2.50. The van der Waals surface area contributed by atoms with Crippen LogP contribution in [-0.2, 0) is 27.5 Å². The van der Waals surface area contributed by atoms with Crippen LogP contribution >= 0.6 is 15.9 Å². The predicted octanol–water partition coefficient (Wildman–Crippen LogP) is 6.65. The first-order valence-electron chi connectivity index (χ1n) is 13.8. The first-order valence-corrected chi connectivity index (χ1v) is 16.2. The van der Waals surface area contributed by atoms with Crippen molar-refractivity contribution in [3.63, 3.8) is 0 Å². The first kappa shape index (κ1) is 29.1. The van der Waals surface area contributed by atoms with Crippen LogP contribution < -0.4 is 5.32 Å². The van der Waals surface area contributed by atoms with Gasteiger partial charge in [0.25, 0.3) is 0 Å². The Kier molecular flexibility index (Phi) is 9.26. The van der Waals surface area contributed by atoms with E-state index in [1.807, 2.05) is 57.2 Å². The van der Waals surface area contributed by atoms with Crippen molar-refractivity contribution in [2.24, 2.45) is 0 Å². The lowest BCUT2D eigenvalue weighted by Gasteiger charge is -2.29. The molecule has 4 rings (SSSR count). The molecule has 0 spiro atoms. The summed E-state index contributed by atoms with van der Waals surface area (Å²) < 4.78 is 35.0. The first-order chi connectivity index (χ1) is 18.0. The Morgan fingerprint density at radius 2 is 1.74 bits per heavy atom. The molecule has 4 atom stereocenters. The molecule has 2 aromatic rings. The van der Waals surface area contributed by atoms with E-state index in [2.05, 4.69) is 28.2 Å². The largest absolute Gasteiger partial charge is 0.444 e. The molecule has 38 heavy (non-hydrogen) atoms. The highest BCUT2D eigenvalue weighted by Crippen LogP contribution is 2.44. The molecule has 1 N–H and O–H groups in total. The van der Waals surface area contributed by atoms with Crippen molar-refractivity contribution in [3.8, 4) is 0 Å². The highest BCUT2D eigenvalue weighted by atomic mass is 79.9. The highest BCUT2D eigenvalue weighted by Gasteiger charge is 2.60. The summed E-state index contributed by atoms with van der Waals surface area (Å²) in [5.41, 5.74) is 1.56. The minimum Gasteiger partial charge on any atom is -0.444 e. The van der Waals surface area contributed by atoms with Crippen molar-refractivity contribution in [1.29, 1.82) is 0 Å². The van der Waals surface area contributed by atoms with Gasteiger partial charge in [0, 0.05) is 17.1 Å². The van der Waals surface area contributed by atoms with Crippen LogP contribution in [0.1, 0.15) is 77.3 Å². The van der Waals surface area contributed by atoms with E-state index in [0.29, 0.717) is 17.9 Å². The number of rotatable bonds is 10. The molecule has 2 aliphatic heterocycles. The second kappa shape index (κ2) is 12.1. The molecule has 8 heteroatoms. The van der Waals surface area contributed by atoms with Crippen molar-refractivity contribution >= 4 is 31.9 Å². The van der Waals surface area contributed by atoms with E-state index in [-0.39, 0.29) is 12.1 Å². The van der Waals surface area contributed by atoms with Crippen molar-refractivity contribution in [2.75, 3.05) is 0 Å². The van der Waals surface area contributed by atoms with Crippen molar-refractivity contribution in [2.45, 2.75) is 113 Å². The zero-order valence-electron chi connectivity index (χ0n) is 23.0. The molecule has 6 nitrogen and oxygen atoms in total. The van der Waals surface area contributed by atoms with Crippen molar-refractivity contribution in [1.82, 2.24) is 10.2 Å². The molecule has 0 aromatic heterocycles. The van der Waals surface area contributed by atoms with Crippen LogP contribution in [0, 0.1) is 0 Å². The minimum absolute atomic E-state index is 0.236. The van der Waals surface area contributed by atoms with Gasteiger partial charge in [-0.15, -0.1) is 0 Å². The topological polar surface area (TPSA) is 75.7 Å². The van der Waals surface area contributed by atoms with Gasteiger partial charge in [-0.05, 0) is 81.8 Å². The Labute approximate surface area is 236 Å². The minimum atomic E-state index is -3.71. The molecule has 1 amide bonds. The van der Waals surface area contributed by atoms with E-state index in [0.717, 1.165) is 34.9 Å². The molecule has 0 radical (unpaired) electrons. The third kappa shape index (κ3) is 6.62. The Morgan fingerprint density at radius 1 is 1.03 bits per heavy atom. The molecule has 0 unspecified atom stereocenters. The number of carbonyl (C=O) groups is 1. The van der Waals surface area contributed by atoms with E-state index in [1.54, 1.807) is 17.0 Å². The van der Waals surface area contributed by atoms with E-state index in [4.69, 9.17) is 4.74 Å². The van der Waals surface area contributed by atoms with Crippen molar-refractivity contribution < 1.29 is 17.9 Å². The highest BCUT2D eigenvalue weighted by molar-refractivity contribution is 9.10. The van der Waals surface area contributed by atoms with E-state index in [9.17, 15) is 13.2 Å². The monoisotopic (exact) mass is 604 g/mol. The lowest BCUT2D eigenvalue weighted by atomic mass is 9.94. The normalized spacial score (nSPS) is 23.1. The molecule has 2 aliphatic rings. The zero-order chi connectivity index (χ0) is 27.5. The van der Waals surface area contributed by atoms with Gasteiger partial charge in [0.1, 0.15) is 10.9 Å². The number of carbonyl (C=O) groups excluding carboxylic acids is 1. The maximum Gasteiger partial charge on any atom is 0.410 e. The summed E-state index contributed by atoms with van der Waals surface area (Å²) >= 11 is 3.51. The van der Waals surface area contributed by atoms with Crippen LogP contribution in [0.3, 0.4) is 0 Å². The number of amides is 1. The fourth-order valence-corrected chi connectivity index (χ4v) is 8.50.